The van der Waals surface area contributed by atoms with Crippen LogP contribution in [0.15, 0.2) is 44.4 Å². The Kier molecular flexibility index (Phi) is 4.25. The summed E-state index contributed by atoms with van der Waals surface area (Å²) in [6.07, 6.45) is -0.155. The van der Waals surface area contributed by atoms with E-state index in [-0.39, 0.29) is 30.3 Å². The Morgan fingerprint density at radius 3 is 2.64 bits per heavy atom. The van der Waals surface area contributed by atoms with Gasteiger partial charge < -0.3 is 9.63 Å². The van der Waals surface area contributed by atoms with Gasteiger partial charge in [0, 0.05) is 13.5 Å². The number of nitrogens with zero attached hydrogens (tertiary/aromatic N) is 5. The first-order valence-corrected chi connectivity index (χ1v) is 7.28. The number of carboxylic acid groups (broad SMARTS) is 1. The van der Waals surface area contributed by atoms with E-state index in [0.717, 1.165) is 9.25 Å². The topological polar surface area (TPSA) is 133 Å². The normalized spacial score (nSPS) is 10.8. The third-order valence-electron chi connectivity index (χ3n) is 3.41. The molecule has 1 aromatic carbocycles. The van der Waals surface area contributed by atoms with Gasteiger partial charge in [0.15, 0.2) is 5.69 Å². The summed E-state index contributed by atoms with van der Waals surface area (Å²) >= 11 is 0. The van der Waals surface area contributed by atoms with Crippen molar-refractivity contribution in [1.29, 1.82) is 0 Å². The van der Waals surface area contributed by atoms with Crippen molar-refractivity contribution >= 4 is 5.97 Å². The van der Waals surface area contributed by atoms with Crippen LogP contribution in [0.1, 0.15) is 12.3 Å². The van der Waals surface area contributed by atoms with Crippen molar-refractivity contribution in [2.45, 2.75) is 12.8 Å². The van der Waals surface area contributed by atoms with Crippen molar-refractivity contribution in [3.05, 3.63) is 57.1 Å². The maximum Gasteiger partial charge on any atom is 0.351 e. The molecule has 0 bridgehead atoms. The first-order valence-electron chi connectivity index (χ1n) is 7.28. The number of para-hydroxylation sites is 1. The van der Waals surface area contributed by atoms with Gasteiger partial charge in [-0.2, -0.15) is 14.8 Å². The summed E-state index contributed by atoms with van der Waals surface area (Å²) in [5, 5.41) is 16.4. The summed E-state index contributed by atoms with van der Waals surface area (Å²) in [5.74, 6) is -1.05. The lowest BCUT2D eigenvalue weighted by Crippen LogP contribution is -2.40. The third kappa shape index (κ3) is 3.22. The number of rotatable bonds is 5. The highest BCUT2D eigenvalue weighted by Gasteiger charge is 2.19. The molecule has 2 heterocycles. The lowest BCUT2D eigenvalue weighted by atomic mass is 10.3. The molecule has 2 aromatic heterocycles. The Balaban J connectivity index is 2.08. The summed E-state index contributed by atoms with van der Waals surface area (Å²) in [4.78, 5) is 39.2. The average molecular weight is 343 g/mol. The standard InChI is InChI=1S/C15H13N5O5/c1-19-14(23)12(13-16-10(25-18-13)7-8-11(21)22)17-20(15(19)24)9-5-3-2-4-6-9/h2-6H,7-8H2,1H3,(H,21,22). The molecule has 1 N–H and O–H groups in total. The maximum absolute atomic E-state index is 12.3. The fourth-order valence-electron chi connectivity index (χ4n) is 2.12. The fourth-order valence-corrected chi connectivity index (χ4v) is 2.12. The Morgan fingerprint density at radius 2 is 1.96 bits per heavy atom. The smallest absolute Gasteiger partial charge is 0.351 e. The van der Waals surface area contributed by atoms with Gasteiger partial charge in [-0.15, -0.1) is 0 Å². The highest BCUT2D eigenvalue weighted by Crippen LogP contribution is 2.10. The molecule has 25 heavy (non-hydrogen) atoms. The van der Waals surface area contributed by atoms with Crippen molar-refractivity contribution in [3.63, 3.8) is 0 Å². The van der Waals surface area contributed by atoms with Crippen LogP contribution < -0.4 is 11.2 Å². The summed E-state index contributed by atoms with van der Waals surface area (Å²) in [5.41, 5.74) is -0.993. The molecule has 3 aromatic rings. The number of hydrogen-bond donors (Lipinski definition) is 1. The monoisotopic (exact) mass is 343 g/mol. The Hall–Kier alpha value is -3.56. The van der Waals surface area contributed by atoms with E-state index in [4.69, 9.17) is 9.63 Å². The van der Waals surface area contributed by atoms with Crippen LogP contribution in [0.3, 0.4) is 0 Å². The van der Waals surface area contributed by atoms with Gasteiger partial charge in [0.1, 0.15) is 0 Å². The van der Waals surface area contributed by atoms with E-state index in [2.05, 4.69) is 15.2 Å². The second-order valence-electron chi connectivity index (χ2n) is 5.15. The molecule has 128 valence electrons. The van der Waals surface area contributed by atoms with Crippen LogP contribution in [0.4, 0.5) is 0 Å². The predicted molar refractivity (Wildman–Crippen MR) is 84.3 cm³/mol. The van der Waals surface area contributed by atoms with E-state index < -0.39 is 17.2 Å². The molecular formula is C15H13N5O5. The number of carboxylic acids is 1. The number of carbonyl (C=O) groups is 1. The van der Waals surface area contributed by atoms with Gasteiger partial charge >= 0.3 is 11.7 Å². The van der Waals surface area contributed by atoms with Gasteiger partial charge in [-0.05, 0) is 12.1 Å². The molecule has 0 atom stereocenters. The number of hydrogen-bond acceptors (Lipinski definition) is 7. The molecule has 10 nitrogen and oxygen atoms in total. The molecule has 0 aliphatic carbocycles. The molecule has 0 aliphatic heterocycles. The number of aromatic nitrogens is 5. The first-order chi connectivity index (χ1) is 12.0. The largest absolute Gasteiger partial charge is 0.481 e. The predicted octanol–water partition coefficient (Wildman–Crippen LogP) is -0.00160. The average Bonchev–Trinajstić information content (AvgIpc) is 3.08. The van der Waals surface area contributed by atoms with E-state index in [0.29, 0.717) is 5.69 Å². The minimum Gasteiger partial charge on any atom is -0.481 e. The Labute approximate surface area is 140 Å². The minimum atomic E-state index is -1.01. The van der Waals surface area contributed by atoms with E-state index >= 15 is 0 Å². The summed E-state index contributed by atoms with van der Waals surface area (Å²) < 4.78 is 6.89. The molecule has 0 aliphatic rings. The zero-order valence-corrected chi connectivity index (χ0v) is 13.1. The van der Waals surface area contributed by atoms with Crippen molar-refractivity contribution < 1.29 is 14.4 Å². The van der Waals surface area contributed by atoms with Gasteiger partial charge in [0.05, 0.1) is 12.1 Å². The fraction of sp³-hybridized carbons (Fsp3) is 0.200. The van der Waals surface area contributed by atoms with E-state index in [1.165, 1.54) is 7.05 Å². The molecule has 10 heteroatoms. The van der Waals surface area contributed by atoms with Crippen molar-refractivity contribution in [2.24, 2.45) is 7.05 Å². The second kappa shape index (κ2) is 6.51. The first kappa shape index (κ1) is 16.3. The molecule has 0 radical (unpaired) electrons. The van der Waals surface area contributed by atoms with Crippen molar-refractivity contribution in [1.82, 2.24) is 24.5 Å². The molecule has 0 fully saturated rings. The molecule has 0 saturated heterocycles. The molecule has 0 saturated carbocycles. The maximum atomic E-state index is 12.3. The van der Waals surface area contributed by atoms with Gasteiger partial charge in [0.25, 0.3) is 5.56 Å². The Bertz CT molecular complexity index is 1030. The van der Waals surface area contributed by atoms with Gasteiger partial charge in [-0.3, -0.25) is 14.2 Å². The molecule has 0 amide bonds. The SMILES string of the molecule is Cn1c(=O)c(-c2noc(CCC(=O)O)n2)nn(-c2ccccc2)c1=O. The van der Waals surface area contributed by atoms with E-state index in [1.54, 1.807) is 30.3 Å². The zero-order valence-electron chi connectivity index (χ0n) is 13.1. The van der Waals surface area contributed by atoms with Crippen LogP contribution in [0.5, 0.6) is 0 Å². The van der Waals surface area contributed by atoms with Crippen LogP contribution in [0.2, 0.25) is 0 Å². The van der Waals surface area contributed by atoms with Crippen LogP contribution in [0.25, 0.3) is 17.2 Å². The van der Waals surface area contributed by atoms with Crippen molar-refractivity contribution in [2.75, 3.05) is 0 Å². The number of aryl methyl sites for hydroxylation is 1. The summed E-state index contributed by atoms with van der Waals surface area (Å²) in [7, 11) is 1.32. The second-order valence-corrected chi connectivity index (χ2v) is 5.15. The summed E-state index contributed by atoms with van der Waals surface area (Å²) in [6, 6.07) is 8.57. The van der Waals surface area contributed by atoms with Gasteiger partial charge in [-0.25, -0.2) is 4.79 Å². The lowest BCUT2D eigenvalue weighted by molar-refractivity contribution is -0.137. The quantitative estimate of drug-likeness (QED) is 0.684. The van der Waals surface area contributed by atoms with Crippen LogP contribution in [-0.4, -0.2) is 35.6 Å². The summed E-state index contributed by atoms with van der Waals surface area (Å²) in [6.45, 7) is 0. The van der Waals surface area contributed by atoms with Gasteiger partial charge in [0.2, 0.25) is 11.7 Å². The molecular weight excluding hydrogens is 330 g/mol. The van der Waals surface area contributed by atoms with Crippen LogP contribution in [0, 0.1) is 0 Å². The molecule has 3 rings (SSSR count). The van der Waals surface area contributed by atoms with Crippen LogP contribution >= 0.6 is 0 Å². The van der Waals surface area contributed by atoms with E-state index in [1.807, 2.05) is 0 Å². The number of aliphatic carboxylic acids is 1. The zero-order chi connectivity index (χ0) is 18.0. The lowest BCUT2D eigenvalue weighted by Gasteiger charge is -2.07. The van der Waals surface area contributed by atoms with E-state index in [9.17, 15) is 14.4 Å². The molecule has 0 unspecified atom stereocenters. The Morgan fingerprint density at radius 1 is 1.24 bits per heavy atom. The third-order valence-corrected chi connectivity index (χ3v) is 3.41. The highest BCUT2D eigenvalue weighted by molar-refractivity contribution is 5.66. The van der Waals surface area contributed by atoms with Crippen LogP contribution in [-0.2, 0) is 18.3 Å². The number of benzene rings is 1. The highest BCUT2D eigenvalue weighted by atomic mass is 16.5. The molecule has 0 spiro atoms. The van der Waals surface area contributed by atoms with Crippen molar-refractivity contribution in [3.8, 4) is 17.2 Å². The van der Waals surface area contributed by atoms with Gasteiger partial charge in [-0.1, -0.05) is 23.4 Å². The minimum absolute atomic E-state index is 0.0287.